The van der Waals surface area contributed by atoms with Crippen molar-refractivity contribution in [3.05, 3.63) is 41.2 Å². The van der Waals surface area contributed by atoms with Crippen LogP contribution in [0.25, 0.3) is 22.3 Å². The van der Waals surface area contributed by atoms with Crippen molar-refractivity contribution in [3.8, 4) is 11.3 Å². The highest BCUT2D eigenvalue weighted by atomic mass is 16.1. The summed E-state index contributed by atoms with van der Waals surface area (Å²) in [6.45, 7) is 10.3. The highest BCUT2D eigenvalue weighted by molar-refractivity contribution is 5.99. The zero-order valence-electron chi connectivity index (χ0n) is 16.4. The molecule has 6 heteroatoms. The number of benzene rings is 1. The van der Waals surface area contributed by atoms with Crippen LogP contribution in [0.1, 0.15) is 49.4 Å². The van der Waals surface area contributed by atoms with Gasteiger partial charge in [0.05, 0.1) is 16.8 Å². The predicted octanol–water partition coefficient (Wildman–Crippen LogP) is 3.82. The Labute approximate surface area is 158 Å². The molecular formula is C21H25N5O. The molecule has 1 atom stereocenters. The van der Waals surface area contributed by atoms with Gasteiger partial charge < -0.3 is 15.6 Å². The number of hydrogen-bond acceptors (Lipinski definition) is 4. The first-order valence-corrected chi connectivity index (χ1v) is 9.30. The van der Waals surface area contributed by atoms with Crippen LogP contribution < -0.4 is 10.6 Å². The molecule has 0 saturated carbocycles. The van der Waals surface area contributed by atoms with Crippen molar-refractivity contribution in [1.82, 2.24) is 20.3 Å². The summed E-state index contributed by atoms with van der Waals surface area (Å²) in [5, 5.41) is 6.42. The van der Waals surface area contributed by atoms with Crippen molar-refractivity contribution >= 4 is 22.8 Å². The summed E-state index contributed by atoms with van der Waals surface area (Å²) < 4.78 is 0. The topological polar surface area (TPSA) is 82.7 Å². The van der Waals surface area contributed by atoms with Crippen LogP contribution in [0.2, 0.25) is 0 Å². The van der Waals surface area contributed by atoms with E-state index >= 15 is 0 Å². The maximum absolute atomic E-state index is 12.3. The molecule has 6 nitrogen and oxygen atoms in total. The van der Waals surface area contributed by atoms with E-state index in [4.69, 9.17) is 9.97 Å². The Kier molecular flexibility index (Phi) is 3.94. The number of aromatic nitrogens is 3. The van der Waals surface area contributed by atoms with Crippen LogP contribution in [-0.4, -0.2) is 32.4 Å². The van der Waals surface area contributed by atoms with Gasteiger partial charge in [-0.3, -0.25) is 4.79 Å². The van der Waals surface area contributed by atoms with Gasteiger partial charge >= 0.3 is 0 Å². The number of anilines is 1. The van der Waals surface area contributed by atoms with Gasteiger partial charge in [0.25, 0.3) is 5.91 Å². The minimum atomic E-state index is -0.109. The van der Waals surface area contributed by atoms with Gasteiger partial charge in [-0.15, -0.1) is 0 Å². The Morgan fingerprint density at radius 2 is 1.96 bits per heavy atom. The number of carbonyl (C=O) groups is 1. The monoisotopic (exact) mass is 363 g/mol. The smallest absolute Gasteiger partial charge is 0.253 e. The highest BCUT2D eigenvalue weighted by Gasteiger charge is 2.25. The van der Waals surface area contributed by atoms with Crippen LogP contribution >= 0.6 is 0 Å². The van der Waals surface area contributed by atoms with Crippen LogP contribution in [0.3, 0.4) is 0 Å². The zero-order valence-corrected chi connectivity index (χ0v) is 16.4. The molecule has 0 saturated heterocycles. The lowest BCUT2D eigenvalue weighted by molar-refractivity contribution is 0.0929. The van der Waals surface area contributed by atoms with E-state index in [-0.39, 0.29) is 17.5 Å². The highest BCUT2D eigenvalue weighted by Crippen LogP contribution is 2.31. The molecule has 3 N–H and O–H groups in total. The first kappa shape index (κ1) is 17.5. The third-order valence-corrected chi connectivity index (χ3v) is 4.68. The standard InChI is InChI=1S/C21H25N5O/c1-11-9-16-14(20(27)22-11)10-17(24-16)13-7-6-8-15-18(13)25-19(12(2)23-15)26-21(3,4)5/h6-8,10-11,24H,9H2,1-5H3,(H,22,27)(H,25,26)/t11-/m1/s1. The van der Waals surface area contributed by atoms with E-state index in [1.54, 1.807) is 0 Å². The van der Waals surface area contributed by atoms with E-state index in [1.165, 1.54) is 0 Å². The SMILES string of the molecule is Cc1nc2cccc(-c3cc4c([nH]3)C[C@@H](C)NC4=O)c2nc1NC(C)(C)C. The molecule has 0 spiro atoms. The number of aryl methyl sites for hydroxylation is 1. The van der Waals surface area contributed by atoms with E-state index in [0.29, 0.717) is 5.56 Å². The second-order valence-electron chi connectivity index (χ2n) is 8.36. The van der Waals surface area contributed by atoms with E-state index in [1.807, 2.05) is 38.1 Å². The number of aromatic amines is 1. The fraction of sp³-hybridized carbons (Fsp3) is 0.381. The van der Waals surface area contributed by atoms with Crippen molar-refractivity contribution in [2.24, 2.45) is 0 Å². The Balaban J connectivity index is 1.86. The molecule has 0 fully saturated rings. The molecule has 3 aromatic rings. The second kappa shape index (κ2) is 6.08. The van der Waals surface area contributed by atoms with Gasteiger partial charge in [0.2, 0.25) is 0 Å². The molecule has 1 aromatic carbocycles. The predicted molar refractivity (Wildman–Crippen MR) is 108 cm³/mol. The van der Waals surface area contributed by atoms with Gasteiger partial charge in [0.1, 0.15) is 11.3 Å². The van der Waals surface area contributed by atoms with E-state index < -0.39 is 0 Å². The zero-order chi connectivity index (χ0) is 19.3. The number of fused-ring (bicyclic) bond motifs is 2. The summed E-state index contributed by atoms with van der Waals surface area (Å²) in [7, 11) is 0. The second-order valence-corrected chi connectivity index (χ2v) is 8.36. The number of carbonyl (C=O) groups excluding carboxylic acids is 1. The summed E-state index contributed by atoms with van der Waals surface area (Å²) in [6.07, 6.45) is 0.799. The molecule has 140 valence electrons. The van der Waals surface area contributed by atoms with Crippen molar-refractivity contribution in [2.75, 3.05) is 5.32 Å². The first-order chi connectivity index (χ1) is 12.7. The molecular weight excluding hydrogens is 338 g/mol. The number of para-hydroxylation sites is 1. The molecule has 27 heavy (non-hydrogen) atoms. The fourth-order valence-corrected chi connectivity index (χ4v) is 3.52. The molecule has 1 aliphatic heterocycles. The average molecular weight is 363 g/mol. The quantitative estimate of drug-likeness (QED) is 0.646. The average Bonchev–Trinajstić information content (AvgIpc) is 2.98. The summed E-state index contributed by atoms with van der Waals surface area (Å²) in [5.41, 5.74) is 5.97. The van der Waals surface area contributed by atoms with Gasteiger partial charge in [0.15, 0.2) is 0 Å². The summed E-state index contributed by atoms with van der Waals surface area (Å²) in [5.74, 6) is 0.758. The number of H-pyrrole nitrogens is 1. The summed E-state index contributed by atoms with van der Waals surface area (Å²) >= 11 is 0. The minimum Gasteiger partial charge on any atom is -0.364 e. The van der Waals surface area contributed by atoms with E-state index in [2.05, 4.69) is 36.4 Å². The van der Waals surface area contributed by atoms with Gasteiger partial charge in [0, 0.05) is 35.0 Å². The number of nitrogens with zero attached hydrogens (tertiary/aromatic N) is 2. The largest absolute Gasteiger partial charge is 0.364 e. The van der Waals surface area contributed by atoms with Crippen LogP contribution in [-0.2, 0) is 6.42 Å². The Hall–Kier alpha value is -2.89. The Bertz CT molecular complexity index is 1040. The van der Waals surface area contributed by atoms with Crippen LogP contribution in [0.5, 0.6) is 0 Å². The molecule has 4 rings (SSSR count). The molecule has 2 aromatic heterocycles. The Morgan fingerprint density at radius 3 is 2.70 bits per heavy atom. The number of amides is 1. The van der Waals surface area contributed by atoms with Crippen molar-refractivity contribution in [3.63, 3.8) is 0 Å². The molecule has 1 aliphatic rings. The fourth-order valence-electron chi connectivity index (χ4n) is 3.52. The summed E-state index contributed by atoms with van der Waals surface area (Å²) in [6, 6.07) is 8.02. The lowest BCUT2D eigenvalue weighted by Crippen LogP contribution is -2.38. The minimum absolute atomic E-state index is 0.0245. The van der Waals surface area contributed by atoms with Crippen molar-refractivity contribution < 1.29 is 4.79 Å². The molecule has 0 aliphatic carbocycles. The number of nitrogens with one attached hydrogen (secondary N) is 3. The molecule has 0 unspecified atom stereocenters. The van der Waals surface area contributed by atoms with E-state index in [9.17, 15) is 4.79 Å². The molecule has 3 heterocycles. The molecule has 0 radical (unpaired) electrons. The molecule has 1 amide bonds. The Morgan fingerprint density at radius 1 is 1.19 bits per heavy atom. The van der Waals surface area contributed by atoms with Crippen LogP contribution in [0.15, 0.2) is 24.3 Å². The van der Waals surface area contributed by atoms with Gasteiger partial charge in [-0.05, 0) is 46.8 Å². The van der Waals surface area contributed by atoms with Gasteiger partial charge in [-0.25, -0.2) is 9.97 Å². The maximum Gasteiger partial charge on any atom is 0.253 e. The maximum atomic E-state index is 12.3. The molecule has 0 bridgehead atoms. The lowest BCUT2D eigenvalue weighted by Gasteiger charge is -2.22. The van der Waals surface area contributed by atoms with Crippen molar-refractivity contribution in [1.29, 1.82) is 0 Å². The third kappa shape index (κ3) is 3.27. The van der Waals surface area contributed by atoms with Gasteiger partial charge in [-0.2, -0.15) is 0 Å². The lowest BCUT2D eigenvalue weighted by atomic mass is 10.0. The van der Waals surface area contributed by atoms with Crippen LogP contribution in [0, 0.1) is 6.92 Å². The first-order valence-electron chi connectivity index (χ1n) is 9.30. The third-order valence-electron chi connectivity index (χ3n) is 4.68. The number of rotatable bonds is 2. The normalized spacial score (nSPS) is 16.9. The number of hydrogen-bond donors (Lipinski definition) is 3. The summed E-state index contributed by atoms with van der Waals surface area (Å²) in [4.78, 5) is 25.3. The van der Waals surface area contributed by atoms with Crippen LogP contribution in [0.4, 0.5) is 5.82 Å². The van der Waals surface area contributed by atoms with Crippen molar-refractivity contribution in [2.45, 2.75) is 52.6 Å². The van der Waals surface area contributed by atoms with E-state index in [0.717, 1.165) is 45.9 Å². The van der Waals surface area contributed by atoms with Gasteiger partial charge in [-0.1, -0.05) is 12.1 Å².